The van der Waals surface area contributed by atoms with Gasteiger partial charge in [-0.05, 0) is 36.4 Å². The second-order valence-corrected chi connectivity index (χ2v) is 8.89. The summed E-state index contributed by atoms with van der Waals surface area (Å²) < 4.78 is 38.8. The molecule has 4 aromatic carbocycles. The highest BCUT2D eigenvalue weighted by Gasteiger charge is 2.16. The minimum Gasteiger partial charge on any atom is -0.494 e. The second kappa shape index (κ2) is 8.62. The lowest BCUT2D eigenvalue weighted by atomic mass is 10.1. The fourth-order valence-corrected chi connectivity index (χ4v) is 4.54. The van der Waals surface area contributed by atoms with Crippen molar-refractivity contribution in [2.45, 2.75) is 4.90 Å². The number of fused-ring (bicyclic) bond motifs is 2. The molecule has 0 spiro atoms. The molecule has 9 heteroatoms. The third-order valence-electron chi connectivity index (χ3n) is 5.35. The highest BCUT2D eigenvalue weighted by molar-refractivity contribution is 7.86. The van der Waals surface area contributed by atoms with Crippen LogP contribution in [0.3, 0.4) is 0 Å². The summed E-state index contributed by atoms with van der Waals surface area (Å²) in [5.74, 6) is 1.46. The summed E-state index contributed by atoms with van der Waals surface area (Å²) in [6.07, 6.45) is 0. The van der Waals surface area contributed by atoms with E-state index in [0.29, 0.717) is 39.5 Å². The van der Waals surface area contributed by atoms with E-state index in [-0.39, 0.29) is 4.90 Å². The van der Waals surface area contributed by atoms with E-state index >= 15 is 0 Å². The predicted molar refractivity (Wildman–Crippen MR) is 133 cm³/mol. The van der Waals surface area contributed by atoms with E-state index in [9.17, 15) is 13.0 Å². The highest BCUT2D eigenvalue weighted by Crippen LogP contribution is 2.34. The van der Waals surface area contributed by atoms with Crippen LogP contribution in [0.4, 0.5) is 23.1 Å². The zero-order valence-electron chi connectivity index (χ0n) is 18.1. The number of nitrogens with zero attached hydrogens (tertiary/aromatic N) is 2. The molecule has 0 aliphatic carbocycles. The van der Waals surface area contributed by atoms with Gasteiger partial charge < -0.3 is 15.4 Å². The van der Waals surface area contributed by atoms with E-state index in [1.54, 1.807) is 37.4 Å². The van der Waals surface area contributed by atoms with Crippen molar-refractivity contribution in [3.63, 3.8) is 0 Å². The molecule has 0 saturated heterocycles. The maximum atomic E-state index is 11.8. The molecule has 170 valence electrons. The lowest BCUT2D eigenvalue weighted by Gasteiger charge is -2.15. The molecule has 0 aliphatic rings. The van der Waals surface area contributed by atoms with Crippen LogP contribution >= 0.6 is 0 Å². The Bertz CT molecular complexity index is 1620. The zero-order chi connectivity index (χ0) is 23.7. The topological polar surface area (TPSA) is 113 Å². The quantitative estimate of drug-likeness (QED) is 0.277. The fraction of sp³-hybridized carbons (Fsp3) is 0.0400. The summed E-state index contributed by atoms with van der Waals surface area (Å²) >= 11 is 0. The van der Waals surface area contributed by atoms with Gasteiger partial charge in [-0.25, -0.2) is 4.98 Å². The number of para-hydroxylation sites is 2. The van der Waals surface area contributed by atoms with Gasteiger partial charge in [0.25, 0.3) is 10.1 Å². The predicted octanol–water partition coefficient (Wildman–Crippen LogP) is 5.53. The van der Waals surface area contributed by atoms with Crippen molar-refractivity contribution in [3.05, 3.63) is 84.9 Å². The van der Waals surface area contributed by atoms with Crippen molar-refractivity contribution in [1.29, 1.82) is 0 Å². The number of hydrogen-bond donors (Lipinski definition) is 3. The van der Waals surface area contributed by atoms with Crippen LogP contribution < -0.4 is 15.4 Å². The van der Waals surface area contributed by atoms with Gasteiger partial charge in [-0.3, -0.25) is 4.55 Å². The van der Waals surface area contributed by atoms with Gasteiger partial charge in [0.1, 0.15) is 22.0 Å². The monoisotopic (exact) mass is 472 g/mol. The molecule has 0 bridgehead atoms. The van der Waals surface area contributed by atoms with Gasteiger partial charge in [0.2, 0.25) is 5.95 Å². The SMILES string of the molecule is COc1cccc2c(Nc3ccccc3)nc(Nc3cccc4c(S(=O)(=O)O)cccc34)nc12. The van der Waals surface area contributed by atoms with Crippen molar-refractivity contribution in [3.8, 4) is 5.75 Å². The molecule has 0 amide bonds. The van der Waals surface area contributed by atoms with E-state index in [1.807, 2.05) is 48.5 Å². The second-order valence-electron chi connectivity index (χ2n) is 7.50. The van der Waals surface area contributed by atoms with Crippen molar-refractivity contribution < 1.29 is 17.7 Å². The summed E-state index contributed by atoms with van der Waals surface area (Å²) in [6.45, 7) is 0. The van der Waals surface area contributed by atoms with Gasteiger partial charge in [-0.2, -0.15) is 13.4 Å². The summed E-state index contributed by atoms with van der Waals surface area (Å²) in [6, 6.07) is 25.1. The molecule has 34 heavy (non-hydrogen) atoms. The number of anilines is 4. The van der Waals surface area contributed by atoms with Crippen LogP contribution in [0.5, 0.6) is 5.75 Å². The van der Waals surface area contributed by atoms with Crippen molar-refractivity contribution in [1.82, 2.24) is 9.97 Å². The first-order valence-corrected chi connectivity index (χ1v) is 11.8. The minimum absolute atomic E-state index is 0.166. The Morgan fingerprint density at radius 1 is 0.765 bits per heavy atom. The van der Waals surface area contributed by atoms with Crippen LogP contribution in [0.25, 0.3) is 21.7 Å². The van der Waals surface area contributed by atoms with E-state index in [4.69, 9.17) is 4.74 Å². The smallest absolute Gasteiger partial charge is 0.295 e. The molecule has 0 aliphatic heterocycles. The first-order chi connectivity index (χ1) is 16.4. The Kier molecular flexibility index (Phi) is 5.48. The molecule has 0 radical (unpaired) electrons. The number of nitrogens with one attached hydrogen (secondary N) is 2. The van der Waals surface area contributed by atoms with Crippen LogP contribution in [-0.4, -0.2) is 30.0 Å². The van der Waals surface area contributed by atoms with Crippen LogP contribution in [0.15, 0.2) is 89.8 Å². The molecule has 8 nitrogen and oxygen atoms in total. The number of methoxy groups -OCH3 is 1. The van der Waals surface area contributed by atoms with Crippen LogP contribution in [0, 0.1) is 0 Å². The van der Waals surface area contributed by atoms with Gasteiger partial charge in [-0.15, -0.1) is 0 Å². The van der Waals surface area contributed by atoms with Gasteiger partial charge in [-0.1, -0.05) is 48.5 Å². The lowest BCUT2D eigenvalue weighted by molar-refractivity contribution is 0.419. The Balaban J connectivity index is 1.66. The third-order valence-corrected chi connectivity index (χ3v) is 6.26. The number of aromatic nitrogens is 2. The van der Waals surface area contributed by atoms with Crippen molar-refractivity contribution in [2.24, 2.45) is 0 Å². The standard InChI is InChI=1S/C25H20N4O4S/c1-33-21-14-6-12-19-23(21)28-25(29-24(19)26-16-8-3-2-4-9-16)27-20-13-5-11-18-17(20)10-7-15-22(18)34(30,31)32/h2-15H,1H3,(H,30,31,32)(H2,26,27,28,29). The fourth-order valence-electron chi connectivity index (χ4n) is 3.84. The van der Waals surface area contributed by atoms with E-state index in [1.165, 1.54) is 6.07 Å². The van der Waals surface area contributed by atoms with Crippen LogP contribution in [0.2, 0.25) is 0 Å². The highest BCUT2D eigenvalue weighted by atomic mass is 32.2. The normalized spacial score (nSPS) is 11.5. The number of hydrogen-bond acceptors (Lipinski definition) is 7. The largest absolute Gasteiger partial charge is 0.494 e. The molecule has 0 fully saturated rings. The Labute approximate surface area is 196 Å². The Morgan fingerprint density at radius 3 is 2.24 bits per heavy atom. The Morgan fingerprint density at radius 2 is 1.47 bits per heavy atom. The maximum absolute atomic E-state index is 11.8. The minimum atomic E-state index is -4.38. The zero-order valence-corrected chi connectivity index (χ0v) is 18.9. The molecule has 5 aromatic rings. The molecule has 1 aromatic heterocycles. The average Bonchev–Trinajstić information content (AvgIpc) is 2.83. The first kappa shape index (κ1) is 21.6. The molecular formula is C25H20N4O4S. The molecule has 3 N–H and O–H groups in total. The van der Waals surface area contributed by atoms with Gasteiger partial charge in [0, 0.05) is 27.5 Å². The number of rotatable bonds is 6. The first-order valence-electron chi connectivity index (χ1n) is 10.4. The summed E-state index contributed by atoms with van der Waals surface area (Å²) in [7, 11) is -2.80. The lowest BCUT2D eigenvalue weighted by Crippen LogP contribution is -2.04. The molecule has 1 heterocycles. The van der Waals surface area contributed by atoms with Gasteiger partial charge in [0.15, 0.2) is 0 Å². The molecular weight excluding hydrogens is 452 g/mol. The van der Waals surface area contributed by atoms with Gasteiger partial charge >= 0.3 is 0 Å². The average molecular weight is 473 g/mol. The van der Waals surface area contributed by atoms with Crippen LogP contribution in [0.1, 0.15) is 0 Å². The molecule has 0 saturated carbocycles. The summed E-state index contributed by atoms with van der Waals surface area (Å²) in [5.41, 5.74) is 2.06. The van der Waals surface area contributed by atoms with E-state index < -0.39 is 10.1 Å². The number of benzene rings is 4. The van der Waals surface area contributed by atoms with Crippen molar-refractivity contribution in [2.75, 3.05) is 17.7 Å². The van der Waals surface area contributed by atoms with Crippen molar-refractivity contribution >= 4 is 54.9 Å². The van der Waals surface area contributed by atoms with Gasteiger partial charge in [0.05, 0.1) is 7.11 Å². The summed E-state index contributed by atoms with van der Waals surface area (Å²) in [5, 5.41) is 8.29. The summed E-state index contributed by atoms with van der Waals surface area (Å²) in [4.78, 5) is 9.19. The molecule has 0 atom stereocenters. The van der Waals surface area contributed by atoms with E-state index in [0.717, 1.165) is 11.1 Å². The third kappa shape index (κ3) is 4.09. The number of ether oxygens (including phenoxy) is 1. The van der Waals surface area contributed by atoms with Crippen LogP contribution in [-0.2, 0) is 10.1 Å². The molecule has 0 unspecified atom stereocenters. The van der Waals surface area contributed by atoms with E-state index in [2.05, 4.69) is 20.6 Å². The Hall–Kier alpha value is -4.21. The molecule has 5 rings (SSSR count). The maximum Gasteiger partial charge on any atom is 0.295 e.